The van der Waals surface area contributed by atoms with E-state index in [0.29, 0.717) is 34.3 Å². The lowest BCUT2D eigenvalue weighted by molar-refractivity contribution is -0.113. The molecule has 3 N–H and O–H groups in total. The summed E-state index contributed by atoms with van der Waals surface area (Å²) in [5.74, 6) is -0.122. The van der Waals surface area contributed by atoms with Crippen LogP contribution in [0, 0.1) is 5.82 Å². The van der Waals surface area contributed by atoms with E-state index in [2.05, 4.69) is 25.7 Å². The van der Waals surface area contributed by atoms with Crippen molar-refractivity contribution in [2.75, 3.05) is 10.6 Å². The fourth-order valence-corrected chi connectivity index (χ4v) is 3.83. The van der Waals surface area contributed by atoms with E-state index in [1.165, 1.54) is 23.0 Å². The Bertz CT molecular complexity index is 1380. The molecule has 0 fully saturated rings. The Kier molecular flexibility index (Phi) is 5.06. The third kappa shape index (κ3) is 3.80. The van der Waals surface area contributed by atoms with Gasteiger partial charge in [-0.1, -0.05) is 30.3 Å². The maximum absolute atomic E-state index is 15.0. The number of nitrogens with zero attached hydrogens (tertiary/aromatic N) is 4. The number of phenolic OH excluding ortho intramolecular Hbond substituents is 1. The fourth-order valence-electron chi connectivity index (χ4n) is 3.83. The maximum Gasteiger partial charge on any atom is 0.255 e. The van der Waals surface area contributed by atoms with Gasteiger partial charge in [0.25, 0.3) is 5.91 Å². The number of benzene rings is 2. The highest BCUT2D eigenvalue weighted by Crippen LogP contribution is 2.37. The minimum atomic E-state index is -0.863. The number of halogens is 1. The van der Waals surface area contributed by atoms with Crippen LogP contribution in [0.2, 0.25) is 0 Å². The molecule has 9 heteroatoms. The molecule has 164 valence electrons. The van der Waals surface area contributed by atoms with Crippen LogP contribution < -0.4 is 10.6 Å². The molecule has 1 unspecified atom stereocenters. The van der Waals surface area contributed by atoms with Gasteiger partial charge in [-0.2, -0.15) is 4.98 Å². The van der Waals surface area contributed by atoms with Crippen LogP contribution in [-0.2, 0) is 4.79 Å². The number of anilines is 2. The van der Waals surface area contributed by atoms with Gasteiger partial charge in [0.1, 0.15) is 17.6 Å². The number of carbonyl (C=O) groups is 1. The lowest BCUT2D eigenvalue weighted by atomic mass is 9.94. The van der Waals surface area contributed by atoms with Gasteiger partial charge in [0.15, 0.2) is 5.82 Å². The average molecular weight is 442 g/mol. The van der Waals surface area contributed by atoms with Crippen LogP contribution in [0.25, 0.3) is 11.4 Å². The lowest BCUT2D eigenvalue weighted by Gasteiger charge is -2.28. The van der Waals surface area contributed by atoms with Gasteiger partial charge in [0.2, 0.25) is 5.95 Å². The number of carbonyl (C=O) groups excluding carboxylic acids is 1. The molecule has 2 aromatic carbocycles. The predicted octanol–water partition coefficient (Wildman–Crippen LogP) is 4.11. The molecule has 0 radical (unpaired) electrons. The number of phenols is 1. The summed E-state index contributed by atoms with van der Waals surface area (Å²) in [5, 5.41) is 20.4. The Morgan fingerprint density at radius 3 is 2.76 bits per heavy atom. The molecular formula is C24H19FN6O2. The monoisotopic (exact) mass is 442 g/mol. The molecule has 8 nitrogen and oxygen atoms in total. The predicted molar refractivity (Wildman–Crippen MR) is 121 cm³/mol. The quantitative estimate of drug-likeness (QED) is 0.439. The van der Waals surface area contributed by atoms with Gasteiger partial charge in [0, 0.05) is 23.0 Å². The number of hydrogen-bond acceptors (Lipinski definition) is 6. The van der Waals surface area contributed by atoms with E-state index < -0.39 is 17.8 Å². The van der Waals surface area contributed by atoms with Crippen molar-refractivity contribution in [3.8, 4) is 17.1 Å². The second-order valence-electron chi connectivity index (χ2n) is 7.54. The van der Waals surface area contributed by atoms with Crippen LogP contribution >= 0.6 is 0 Å². The minimum absolute atomic E-state index is 0.0738. The zero-order valence-electron chi connectivity index (χ0n) is 17.5. The van der Waals surface area contributed by atoms with Crippen molar-refractivity contribution in [1.29, 1.82) is 0 Å². The number of hydrogen-bond donors (Lipinski definition) is 3. The van der Waals surface area contributed by atoms with Crippen molar-refractivity contribution >= 4 is 17.5 Å². The van der Waals surface area contributed by atoms with E-state index in [4.69, 9.17) is 0 Å². The van der Waals surface area contributed by atoms with E-state index in [9.17, 15) is 14.3 Å². The van der Waals surface area contributed by atoms with Crippen LogP contribution in [0.4, 0.5) is 16.0 Å². The fraction of sp³-hybridized carbons (Fsp3) is 0.0833. The van der Waals surface area contributed by atoms with Gasteiger partial charge in [-0.25, -0.2) is 9.07 Å². The number of pyridine rings is 1. The average Bonchev–Trinajstić information content (AvgIpc) is 3.23. The summed E-state index contributed by atoms with van der Waals surface area (Å²) in [5.41, 5.74) is 2.20. The molecule has 1 aliphatic heterocycles. The van der Waals surface area contributed by atoms with Gasteiger partial charge in [-0.05, 0) is 37.3 Å². The summed E-state index contributed by atoms with van der Waals surface area (Å²) < 4.78 is 16.5. The summed E-state index contributed by atoms with van der Waals surface area (Å²) in [6, 6.07) is 15.4. The molecule has 0 saturated carbocycles. The number of amides is 1. The number of fused-ring (bicyclic) bond motifs is 1. The van der Waals surface area contributed by atoms with Crippen molar-refractivity contribution in [2.24, 2.45) is 0 Å². The third-order valence-corrected chi connectivity index (χ3v) is 5.32. The molecule has 1 atom stereocenters. The second-order valence-corrected chi connectivity index (χ2v) is 7.54. The van der Waals surface area contributed by atoms with E-state index in [-0.39, 0.29) is 11.3 Å². The largest absolute Gasteiger partial charge is 0.508 e. The first kappa shape index (κ1) is 20.4. The van der Waals surface area contributed by atoms with E-state index in [0.717, 1.165) is 0 Å². The van der Waals surface area contributed by atoms with Gasteiger partial charge in [-0.3, -0.25) is 9.78 Å². The van der Waals surface area contributed by atoms with Crippen LogP contribution in [0.15, 0.2) is 84.3 Å². The van der Waals surface area contributed by atoms with Crippen LogP contribution in [-0.4, -0.2) is 30.8 Å². The SMILES string of the molecule is CC1=C(C(=O)Nc2cccnc2)C(c2ccccc2F)n2nc(-c3cccc(O)c3)nc2N1. The van der Waals surface area contributed by atoms with Crippen molar-refractivity contribution in [1.82, 2.24) is 19.7 Å². The smallest absolute Gasteiger partial charge is 0.255 e. The normalized spacial score (nSPS) is 15.0. The Balaban J connectivity index is 1.63. The van der Waals surface area contributed by atoms with Crippen molar-refractivity contribution in [3.05, 3.63) is 95.7 Å². The Morgan fingerprint density at radius 2 is 2.00 bits per heavy atom. The first-order chi connectivity index (χ1) is 16.0. The Hall–Kier alpha value is -4.53. The number of aromatic hydroxyl groups is 1. The highest BCUT2D eigenvalue weighted by Gasteiger charge is 2.36. The molecule has 1 aliphatic rings. The number of nitrogens with one attached hydrogen (secondary N) is 2. The maximum atomic E-state index is 15.0. The molecule has 4 aromatic rings. The molecular weight excluding hydrogens is 423 g/mol. The number of allylic oxidation sites excluding steroid dienone is 1. The summed E-state index contributed by atoms with van der Waals surface area (Å²) in [7, 11) is 0. The number of rotatable bonds is 4. The highest BCUT2D eigenvalue weighted by molar-refractivity contribution is 6.05. The topological polar surface area (TPSA) is 105 Å². The third-order valence-electron chi connectivity index (χ3n) is 5.32. The Labute approximate surface area is 188 Å². The lowest BCUT2D eigenvalue weighted by Crippen LogP contribution is -2.32. The summed E-state index contributed by atoms with van der Waals surface area (Å²) in [6.45, 7) is 1.73. The Morgan fingerprint density at radius 1 is 1.15 bits per heavy atom. The molecule has 1 amide bonds. The molecule has 33 heavy (non-hydrogen) atoms. The second kappa shape index (κ2) is 8.19. The highest BCUT2D eigenvalue weighted by atomic mass is 19.1. The van der Waals surface area contributed by atoms with Gasteiger partial charge in [-0.15, -0.1) is 5.10 Å². The molecule has 0 aliphatic carbocycles. The van der Waals surface area contributed by atoms with E-state index in [1.54, 1.807) is 61.7 Å². The molecule has 5 rings (SSSR count). The summed E-state index contributed by atoms with van der Waals surface area (Å²) in [4.78, 5) is 21.9. The van der Waals surface area contributed by atoms with Crippen LogP contribution in [0.5, 0.6) is 5.75 Å². The van der Waals surface area contributed by atoms with Crippen molar-refractivity contribution in [2.45, 2.75) is 13.0 Å². The van der Waals surface area contributed by atoms with Crippen molar-refractivity contribution < 1.29 is 14.3 Å². The summed E-state index contributed by atoms with van der Waals surface area (Å²) >= 11 is 0. The zero-order chi connectivity index (χ0) is 22.9. The van der Waals surface area contributed by atoms with Crippen molar-refractivity contribution in [3.63, 3.8) is 0 Å². The van der Waals surface area contributed by atoms with E-state index >= 15 is 0 Å². The molecule has 2 aromatic heterocycles. The molecule has 0 bridgehead atoms. The number of aromatic nitrogens is 4. The van der Waals surface area contributed by atoms with Gasteiger partial charge in [0.05, 0.1) is 17.5 Å². The molecule has 0 spiro atoms. The first-order valence-corrected chi connectivity index (χ1v) is 10.2. The standard InChI is InChI=1S/C24H19FN6O2/c1-14-20(23(33)28-16-7-5-11-26-13-16)21(18-9-2-3-10-19(18)25)31-24(27-14)29-22(30-31)15-6-4-8-17(32)12-15/h2-13,21,32H,1H3,(H,28,33)(H,27,29,30). The van der Waals surface area contributed by atoms with E-state index in [1.807, 2.05) is 0 Å². The van der Waals surface area contributed by atoms with Gasteiger partial charge < -0.3 is 15.7 Å². The van der Waals surface area contributed by atoms with Gasteiger partial charge >= 0.3 is 0 Å². The minimum Gasteiger partial charge on any atom is -0.508 e. The molecule has 3 heterocycles. The molecule has 0 saturated heterocycles. The summed E-state index contributed by atoms with van der Waals surface area (Å²) in [6.07, 6.45) is 3.14. The van der Waals surface area contributed by atoms with Crippen LogP contribution in [0.3, 0.4) is 0 Å². The zero-order valence-corrected chi connectivity index (χ0v) is 17.5. The first-order valence-electron chi connectivity index (χ1n) is 10.2. The van der Waals surface area contributed by atoms with Crippen LogP contribution in [0.1, 0.15) is 18.5 Å².